The Balaban J connectivity index is 2.34. The molecule has 0 aliphatic heterocycles. The number of ether oxygens (including phenoxy) is 1. The molecule has 0 heterocycles. The van der Waals surface area contributed by atoms with Gasteiger partial charge in [0.25, 0.3) is 0 Å². The Hall–Kier alpha value is -1.35. The van der Waals surface area contributed by atoms with Crippen LogP contribution in [0.3, 0.4) is 0 Å². The highest BCUT2D eigenvalue weighted by Gasteiger charge is 2.05. The second-order valence-electron chi connectivity index (χ2n) is 3.50. The topological polar surface area (TPSA) is 43.4 Å². The zero-order chi connectivity index (χ0) is 12.0. The normalized spacial score (nSPS) is 9.88. The molecule has 16 heavy (non-hydrogen) atoms. The van der Waals surface area contributed by atoms with E-state index >= 15 is 0 Å². The minimum Gasteiger partial charge on any atom is -0.427 e. The van der Waals surface area contributed by atoms with Crippen molar-refractivity contribution in [3.05, 3.63) is 29.8 Å². The lowest BCUT2D eigenvalue weighted by atomic mass is 10.2. The predicted octanol–water partition coefficient (Wildman–Crippen LogP) is 2.84. The zero-order valence-electron chi connectivity index (χ0n) is 9.03. The third kappa shape index (κ3) is 4.94. The first-order valence-electron chi connectivity index (χ1n) is 5.03. The molecule has 0 amide bonds. The Labute approximate surface area is 99.4 Å². The largest absolute Gasteiger partial charge is 0.427 e. The molecule has 86 valence electrons. The van der Waals surface area contributed by atoms with Gasteiger partial charge in [-0.05, 0) is 37.1 Å². The number of carbonyl (C=O) groups is 2. The summed E-state index contributed by atoms with van der Waals surface area (Å²) in [6.45, 7) is 1.96. The second kappa shape index (κ2) is 6.28. The van der Waals surface area contributed by atoms with E-state index in [1.807, 2.05) is 19.1 Å². The van der Waals surface area contributed by atoms with Gasteiger partial charge in [0.05, 0.1) is 0 Å². The number of hydrogen-bond donors (Lipinski definition) is 0. The standard InChI is InChI=1S/C12H13ClO3/c1-9-5-7-10(8-6-9)16-12(15)4-2-3-11(13)14/h5-8H,2-4H2,1H3. The number of carbonyl (C=O) groups excluding carboxylic acids is 2. The van der Waals surface area contributed by atoms with Crippen molar-refractivity contribution >= 4 is 22.8 Å². The van der Waals surface area contributed by atoms with Crippen LogP contribution in [-0.4, -0.2) is 11.2 Å². The van der Waals surface area contributed by atoms with Crippen molar-refractivity contribution in [1.29, 1.82) is 0 Å². The average Bonchev–Trinajstić information content (AvgIpc) is 2.21. The van der Waals surface area contributed by atoms with E-state index in [9.17, 15) is 9.59 Å². The van der Waals surface area contributed by atoms with E-state index < -0.39 is 5.24 Å². The molecule has 0 aromatic heterocycles. The maximum absolute atomic E-state index is 11.3. The molecule has 0 bridgehead atoms. The highest BCUT2D eigenvalue weighted by molar-refractivity contribution is 6.63. The predicted molar refractivity (Wildman–Crippen MR) is 61.5 cm³/mol. The van der Waals surface area contributed by atoms with Crippen LogP contribution >= 0.6 is 11.6 Å². The lowest BCUT2D eigenvalue weighted by Crippen LogP contribution is -2.07. The monoisotopic (exact) mass is 240 g/mol. The molecule has 3 nitrogen and oxygen atoms in total. The van der Waals surface area contributed by atoms with Crippen LogP contribution in [-0.2, 0) is 9.59 Å². The number of aryl methyl sites for hydroxylation is 1. The summed E-state index contributed by atoms with van der Waals surface area (Å²) in [5, 5.41) is -0.428. The lowest BCUT2D eigenvalue weighted by Gasteiger charge is -2.03. The Bertz CT molecular complexity index is 370. The van der Waals surface area contributed by atoms with Gasteiger partial charge in [0.1, 0.15) is 5.75 Å². The average molecular weight is 241 g/mol. The van der Waals surface area contributed by atoms with Gasteiger partial charge in [-0.1, -0.05) is 17.7 Å². The quantitative estimate of drug-likeness (QED) is 0.452. The maximum atomic E-state index is 11.3. The minimum absolute atomic E-state index is 0.199. The zero-order valence-corrected chi connectivity index (χ0v) is 9.79. The van der Waals surface area contributed by atoms with Gasteiger partial charge in [-0.3, -0.25) is 9.59 Å². The fraction of sp³-hybridized carbons (Fsp3) is 0.333. The summed E-state index contributed by atoms with van der Waals surface area (Å²) in [5.41, 5.74) is 1.10. The highest BCUT2D eigenvalue weighted by Crippen LogP contribution is 2.12. The van der Waals surface area contributed by atoms with Crippen LogP contribution in [0.1, 0.15) is 24.8 Å². The molecule has 1 rings (SSSR count). The van der Waals surface area contributed by atoms with Gasteiger partial charge in [0.2, 0.25) is 5.24 Å². The van der Waals surface area contributed by atoms with Crippen LogP contribution in [0.2, 0.25) is 0 Å². The molecule has 0 saturated carbocycles. The van der Waals surface area contributed by atoms with Crippen molar-refractivity contribution in [1.82, 2.24) is 0 Å². The molecule has 4 heteroatoms. The Morgan fingerprint density at radius 2 is 1.81 bits per heavy atom. The lowest BCUT2D eigenvalue weighted by molar-refractivity contribution is -0.134. The Morgan fingerprint density at radius 1 is 1.19 bits per heavy atom. The molecule has 0 unspecified atom stereocenters. The van der Waals surface area contributed by atoms with E-state index in [2.05, 4.69) is 0 Å². The molecule has 1 aromatic carbocycles. The Morgan fingerprint density at radius 3 is 2.38 bits per heavy atom. The van der Waals surface area contributed by atoms with Gasteiger partial charge in [-0.15, -0.1) is 0 Å². The second-order valence-corrected chi connectivity index (χ2v) is 3.92. The SMILES string of the molecule is Cc1ccc(OC(=O)CCCC(=O)Cl)cc1. The van der Waals surface area contributed by atoms with Gasteiger partial charge in [0.15, 0.2) is 0 Å². The minimum atomic E-state index is -0.428. The van der Waals surface area contributed by atoms with Gasteiger partial charge in [-0.2, -0.15) is 0 Å². The van der Waals surface area contributed by atoms with Crippen molar-refractivity contribution in [2.24, 2.45) is 0 Å². The summed E-state index contributed by atoms with van der Waals surface area (Å²) in [5.74, 6) is 0.176. The highest BCUT2D eigenvalue weighted by atomic mass is 35.5. The van der Waals surface area contributed by atoms with E-state index in [-0.39, 0.29) is 18.8 Å². The molecule has 1 aromatic rings. The van der Waals surface area contributed by atoms with Crippen molar-refractivity contribution < 1.29 is 14.3 Å². The maximum Gasteiger partial charge on any atom is 0.311 e. The molecule has 0 radical (unpaired) electrons. The number of esters is 1. The molecule has 0 aliphatic carbocycles. The molecule has 0 atom stereocenters. The van der Waals surface area contributed by atoms with Crippen molar-refractivity contribution in [2.75, 3.05) is 0 Å². The first kappa shape index (κ1) is 12.7. The summed E-state index contributed by atoms with van der Waals surface area (Å²) in [7, 11) is 0. The molecular weight excluding hydrogens is 228 g/mol. The first-order valence-corrected chi connectivity index (χ1v) is 5.41. The van der Waals surface area contributed by atoms with E-state index in [0.29, 0.717) is 12.2 Å². The number of rotatable bonds is 5. The Kier molecular flexibility index (Phi) is 4.99. The van der Waals surface area contributed by atoms with E-state index in [4.69, 9.17) is 16.3 Å². The van der Waals surface area contributed by atoms with Crippen LogP contribution in [0.5, 0.6) is 5.75 Å². The third-order valence-electron chi connectivity index (χ3n) is 2.01. The van der Waals surface area contributed by atoms with Crippen LogP contribution in [0.4, 0.5) is 0 Å². The van der Waals surface area contributed by atoms with Crippen LogP contribution in [0.15, 0.2) is 24.3 Å². The van der Waals surface area contributed by atoms with Crippen LogP contribution < -0.4 is 4.74 Å². The van der Waals surface area contributed by atoms with Gasteiger partial charge in [0, 0.05) is 12.8 Å². The summed E-state index contributed by atoms with van der Waals surface area (Å²) < 4.78 is 5.06. The van der Waals surface area contributed by atoms with Gasteiger partial charge >= 0.3 is 5.97 Å². The molecule has 0 aliphatic rings. The van der Waals surface area contributed by atoms with Crippen LogP contribution in [0.25, 0.3) is 0 Å². The first-order chi connectivity index (χ1) is 7.58. The fourth-order valence-electron chi connectivity index (χ4n) is 1.16. The molecule has 0 fully saturated rings. The molecule has 0 N–H and O–H groups in total. The number of hydrogen-bond acceptors (Lipinski definition) is 3. The van der Waals surface area contributed by atoms with Crippen molar-refractivity contribution in [3.8, 4) is 5.75 Å². The van der Waals surface area contributed by atoms with Gasteiger partial charge < -0.3 is 4.74 Å². The molecule has 0 spiro atoms. The number of halogens is 1. The van der Waals surface area contributed by atoms with E-state index in [0.717, 1.165) is 5.56 Å². The molecule has 0 saturated heterocycles. The summed E-state index contributed by atoms with van der Waals surface area (Å²) in [6, 6.07) is 7.20. The summed E-state index contributed by atoms with van der Waals surface area (Å²) in [6.07, 6.45) is 0.823. The molecular formula is C12H13ClO3. The van der Waals surface area contributed by atoms with Crippen molar-refractivity contribution in [2.45, 2.75) is 26.2 Å². The van der Waals surface area contributed by atoms with Gasteiger partial charge in [-0.25, -0.2) is 0 Å². The summed E-state index contributed by atoms with van der Waals surface area (Å²) in [4.78, 5) is 21.7. The fourth-order valence-corrected chi connectivity index (χ4v) is 1.29. The van der Waals surface area contributed by atoms with E-state index in [1.165, 1.54) is 0 Å². The van der Waals surface area contributed by atoms with Crippen molar-refractivity contribution in [3.63, 3.8) is 0 Å². The van der Waals surface area contributed by atoms with Crippen LogP contribution in [0, 0.1) is 6.92 Å². The smallest absolute Gasteiger partial charge is 0.311 e. The summed E-state index contributed by atoms with van der Waals surface area (Å²) >= 11 is 5.15. The third-order valence-corrected chi connectivity index (χ3v) is 2.20. The van der Waals surface area contributed by atoms with E-state index in [1.54, 1.807) is 12.1 Å². The number of benzene rings is 1.